The third-order valence-corrected chi connectivity index (χ3v) is 8.54. The third-order valence-electron chi connectivity index (χ3n) is 7.20. The zero-order valence-corrected chi connectivity index (χ0v) is 22.8. The normalized spacial score (nSPS) is 17.9. The van der Waals surface area contributed by atoms with Crippen molar-refractivity contribution in [2.24, 2.45) is 0 Å². The van der Waals surface area contributed by atoms with Crippen molar-refractivity contribution in [2.75, 3.05) is 36.3 Å². The molecule has 0 spiro atoms. The quantitative estimate of drug-likeness (QED) is 0.236. The van der Waals surface area contributed by atoms with Crippen LogP contribution in [0.4, 0.5) is 25.4 Å². The minimum absolute atomic E-state index is 0.00401. The van der Waals surface area contributed by atoms with Crippen LogP contribution in [-0.4, -0.2) is 41.5 Å². The Labute approximate surface area is 240 Å². The lowest BCUT2D eigenvalue weighted by Gasteiger charge is -2.38. The van der Waals surface area contributed by atoms with E-state index >= 15 is 8.78 Å². The van der Waals surface area contributed by atoms with Crippen LogP contribution in [0.3, 0.4) is 0 Å². The number of halogens is 3. The number of alkyl halides is 1. The number of ether oxygens (including phenoxy) is 2. The van der Waals surface area contributed by atoms with E-state index in [4.69, 9.17) is 26.8 Å². The molecular formula is C27H19ClF2N8O2S. The van der Waals surface area contributed by atoms with Crippen LogP contribution < -0.4 is 31.0 Å². The first kappa shape index (κ1) is 25.5. The Bertz CT molecular complexity index is 1930. The van der Waals surface area contributed by atoms with Gasteiger partial charge in [-0.25, -0.2) is 19.2 Å². The lowest BCUT2D eigenvalue weighted by molar-refractivity contribution is 0.221. The molecule has 2 aliphatic rings. The van der Waals surface area contributed by atoms with Gasteiger partial charge >= 0.3 is 6.01 Å². The molecule has 10 nitrogen and oxygen atoms in total. The zero-order valence-electron chi connectivity index (χ0n) is 21.2. The molecule has 7 rings (SSSR count). The van der Waals surface area contributed by atoms with Gasteiger partial charge in [0.05, 0.1) is 29.6 Å². The number of hydrazine groups is 1. The second kappa shape index (κ2) is 9.55. The Morgan fingerprint density at radius 1 is 1.27 bits per heavy atom. The van der Waals surface area contributed by atoms with Crippen LogP contribution >= 0.6 is 22.9 Å². The van der Waals surface area contributed by atoms with Gasteiger partial charge in [0.25, 0.3) is 0 Å². The predicted octanol–water partition coefficient (Wildman–Crippen LogP) is 5.33. The number of fused-ring (bicyclic) bond motifs is 2. The summed E-state index contributed by atoms with van der Waals surface area (Å²) in [6, 6.07) is 9.75. The van der Waals surface area contributed by atoms with E-state index < -0.39 is 18.2 Å². The van der Waals surface area contributed by atoms with E-state index in [1.165, 1.54) is 18.4 Å². The van der Waals surface area contributed by atoms with Gasteiger partial charge in [0.1, 0.15) is 40.9 Å². The molecule has 4 N–H and O–H groups in total. The van der Waals surface area contributed by atoms with Crippen molar-refractivity contribution >= 4 is 60.6 Å². The molecule has 0 radical (unpaired) electrons. The van der Waals surface area contributed by atoms with Gasteiger partial charge in [-0.05, 0) is 17.7 Å². The van der Waals surface area contributed by atoms with E-state index in [2.05, 4.69) is 31.9 Å². The first-order valence-electron chi connectivity index (χ1n) is 12.4. The van der Waals surface area contributed by atoms with Crippen molar-refractivity contribution in [2.45, 2.75) is 12.3 Å². The number of anilines is 3. The van der Waals surface area contributed by atoms with Gasteiger partial charge in [0, 0.05) is 27.4 Å². The van der Waals surface area contributed by atoms with Crippen LogP contribution in [0.25, 0.3) is 32.1 Å². The Morgan fingerprint density at radius 2 is 2.12 bits per heavy atom. The maximum atomic E-state index is 16.7. The molecule has 0 saturated carbocycles. The Balaban J connectivity index is 1.53. The molecule has 0 fully saturated rings. The smallest absolute Gasteiger partial charge is 0.318 e. The zero-order chi connectivity index (χ0) is 28.4. The van der Waals surface area contributed by atoms with Crippen molar-refractivity contribution in [1.29, 1.82) is 5.26 Å². The summed E-state index contributed by atoms with van der Waals surface area (Å²) in [7, 11) is 1.36. The molecule has 2 atom stereocenters. The number of benzene rings is 2. The molecule has 0 amide bonds. The van der Waals surface area contributed by atoms with E-state index in [1.807, 2.05) is 0 Å². The van der Waals surface area contributed by atoms with Gasteiger partial charge in [-0.2, -0.15) is 15.2 Å². The van der Waals surface area contributed by atoms with E-state index in [0.29, 0.717) is 32.0 Å². The van der Waals surface area contributed by atoms with Gasteiger partial charge in [-0.1, -0.05) is 29.8 Å². The van der Waals surface area contributed by atoms with E-state index in [0.717, 1.165) is 0 Å². The molecular weight excluding hydrogens is 574 g/mol. The summed E-state index contributed by atoms with van der Waals surface area (Å²) in [5, 5.41) is 10.8. The summed E-state index contributed by atoms with van der Waals surface area (Å²) >= 11 is 8.16. The lowest BCUT2D eigenvalue weighted by atomic mass is 9.96. The molecule has 2 unspecified atom stereocenters. The first-order chi connectivity index (χ1) is 19.9. The summed E-state index contributed by atoms with van der Waals surface area (Å²) in [5.41, 5.74) is 12.5. The second-order valence-corrected chi connectivity index (χ2v) is 10.8. The fraction of sp³-hybridized carbons (Fsp3) is 0.185. The standard InChI is InChI=1S/C27H19ClF2N8O2S/c1-39-27-34-20-17-22(18(28)16(19(20)29)11-4-2-6-14-15(11)13(10-31)24(32)41-14)40-9-8-38(26(17)35-27)21-12-5-3-7-33-25(12)37-36-23(21)30/h2-7,21,23,36H,8-9,32H2,1H3,(H,33,37). The Hall–Kier alpha value is -4.51. The van der Waals surface area contributed by atoms with Gasteiger partial charge in [0.15, 0.2) is 17.9 Å². The monoisotopic (exact) mass is 592 g/mol. The number of nitrogens with one attached hydrogen (secondary N) is 2. The highest BCUT2D eigenvalue weighted by Gasteiger charge is 2.39. The highest BCUT2D eigenvalue weighted by Crippen LogP contribution is 2.51. The molecule has 14 heteroatoms. The maximum absolute atomic E-state index is 16.7. The van der Waals surface area contributed by atoms with Gasteiger partial charge in [0.2, 0.25) is 0 Å². The van der Waals surface area contributed by atoms with Crippen molar-refractivity contribution < 1.29 is 18.3 Å². The number of methoxy groups -OCH3 is 1. The molecule has 206 valence electrons. The minimum atomic E-state index is -1.59. The fourth-order valence-corrected chi connectivity index (χ4v) is 6.76. The average molecular weight is 593 g/mol. The number of nitriles is 1. The topological polar surface area (TPSA) is 134 Å². The second-order valence-electron chi connectivity index (χ2n) is 9.32. The first-order valence-corrected chi connectivity index (χ1v) is 13.6. The number of nitrogen functional groups attached to an aromatic ring is 1. The molecule has 0 aliphatic carbocycles. The molecule has 0 bridgehead atoms. The predicted molar refractivity (Wildman–Crippen MR) is 152 cm³/mol. The van der Waals surface area contributed by atoms with E-state index in [9.17, 15) is 5.26 Å². The van der Waals surface area contributed by atoms with Crippen LogP contribution in [-0.2, 0) is 0 Å². The van der Waals surface area contributed by atoms with Gasteiger partial charge in [-0.15, -0.1) is 11.3 Å². The third kappa shape index (κ3) is 3.72. The number of hydrogen-bond donors (Lipinski definition) is 3. The minimum Gasteiger partial charge on any atom is -0.489 e. The molecule has 3 aromatic heterocycles. The number of hydrogen-bond acceptors (Lipinski definition) is 11. The van der Waals surface area contributed by atoms with E-state index in [1.54, 1.807) is 41.4 Å². The molecule has 5 heterocycles. The number of aromatic nitrogens is 3. The Morgan fingerprint density at radius 3 is 2.93 bits per heavy atom. The lowest BCUT2D eigenvalue weighted by Crippen LogP contribution is -2.49. The molecule has 41 heavy (non-hydrogen) atoms. The van der Waals surface area contributed by atoms with Crippen LogP contribution in [0.5, 0.6) is 11.8 Å². The summed E-state index contributed by atoms with van der Waals surface area (Å²) in [6.45, 7) is 0.247. The van der Waals surface area contributed by atoms with Crippen LogP contribution in [0, 0.1) is 17.1 Å². The summed E-state index contributed by atoms with van der Waals surface area (Å²) in [4.78, 5) is 14.8. The summed E-state index contributed by atoms with van der Waals surface area (Å²) in [5.74, 6) is 0.00357. The average Bonchev–Trinajstić information content (AvgIpc) is 3.20. The molecule has 5 aromatic rings. The fourth-order valence-electron chi connectivity index (χ4n) is 5.48. The van der Waals surface area contributed by atoms with Gasteiger partial charge < -0.3 is 25.5 Å². The van der Waals surface area contributed by atoms with Crippen LogP contribution in [0.1, 0.15) is 17.2 Å². The Kier molecular flexibility index (Phi) is 5.93. The SMILES string of the molecule is COc1nc2c3c(c(Cl)c(-c4cccc5sc(N)c(C#N)c45)c(F)c3n1)OCCN2C1c2cccnc2NNC1F. The van der Waals surface area contributed by atoms with Crippen LogP contribution in [0.15, 0.2) is 36.5 Å². The molecule has 2 aromatic carbocycles. The van der Waals surface area contributed by atoms with Gasteiger partial charge in [-0.3, -0.25) is 0 Å². The molecule has 0 saturated heterocycles. The van der Waals surface area contributed by atoms with Crippen molar-refractivity contribution in [1.82, 2.24) is 20.4 Å². The van der Waals surface area contributed by atoms with Crippen molar-refractivity contribution in [3.8, 4) is 29.0 Å². The summed E-state index contributed by atoms with van der Waals surface area (Å²) in [6.07, 6.45) is 0.00118. The number of nitrogens with zero attached hydrogens (tertiary/aromatic N) is 5. The largest absolute Gasteiger partial charge is 0.489 e. The van der Waals surface area contributed by atoms with E-state index in [-0.39, 0.29) is 57.8 Å². The highest BCUT2D eigenvalue weighted by atomic mass is 35.5. The number of thiophene rings is 1. The highest BCUT2D eigenvalue weighted by molar-refractivity contribution is 7.23. The number of pyridine rings is 1. The molecule has 2 aliphatic heterocycles. The van der Waals surface area contributed by atoms with Crippen LogP contribution in [0.2, 0.25) is 5.02 Å². The maximum Gasteiger partial charge on any atom is 0.318 e. The van der Waals surface area contributed by atoms with Crippen molar-refractivity contribution in [3.63, 3.8) is 0 Å². The van der Waals surface area contributed by atoms with Crippen molar-refractivity contribution in [3.05, 3.63) is 58.5 Å². The number of rotatable bonds is 3. The summed E-state index contributed by atoms with van der Waals surface area (Å²) < 4.78 is 44.5. The number of nitrogens with two attached hydrogens (primary N) is 1.